The lowest BCUT2D eigenvalue weighted by atomic mass is 10.0. The van der Waals surface area contributed by atoms with Crippen LogP contribution in [0.2, 0.25) is 0 Å². The fraction of sp³-hybridized carbons (Fsp3) is 0.188. The van der Waals surface area contributed by atoms with Gasteiger partial charge in [-0.3, -0.25) is 0 Å². The third-order valence-corrected chi connectivity index (χ3v) is 2.97. The van der Waals surface area contributed by atoms with Crippen molar-refractivity contribution in [2.75, 3.05) is 0 Å². The molecule has 3 nitrogen and oxygen atoms in total. The van der Waals surface area contributed by atoms with Crippen molar-refractivity contribution in [1.29, 1.82) is 0 Å². The molecule has 98 valence electrons. The maximum atomic E-state index is 11.3. The largest absolute Gasteiger partial charge is 0.478 e. The predicted molar refractivity (Wildman–Crippen MR) is 76.8 cm³/mol. The minimum absolute atomic E-state index is 0.249. The molecule has 2 aromatic carbocycles. The average molecular weight is 256 g/mol. The van der Waals surface area contributed by atoms with Gasteiger partial charge in [-0.05, 0) is 18.6 Å². The van der Waals surface area contributed by atoms with Crippen LogP contribution in [0.5, 0.6) is 0 Å². The molecule has 0 bridgehead atoms. The van der Waals surface area contributed by atoms with Gasteiger partial charge in [0.1, 0.15) is 16.7 Å². The Kier molecular flexibility index (Phi) is 3.56. The maximum Gasteiger partial charge on any atom is 0.339 e. The summed E-state index contributed by atoms with van der Waals surface area (Å²) in [7, 11) is 0. The van der Waals surface area contributed by atoms with Crippen molar-refractivity contribution < 1.29 is 14.3 Å². The lowest BCUT2D eigenvalue weighted by molar-refractivity contribution is 0.0697. The first kappa shape index (κ1) is 13.1. The van der Waals surface area contributed by atoms with Crippen LogP contribution in [0.1, 0.15) is 29.8 Å². The highest BCUT2D eigenvalue weighted by Gasteiger charge is 2.17. The molecule has 3 aromatic rings. The van der Waals surface area contributed by atoms with E-state index in [1.165, 1.54) is 0 Å². The molecule has 19 heavy (non-hydrogen) atoms. The summed E-state index contributed by atoms with van der Waals surface area (Å²) in [4.78, 5) is 11.3. The highest BCUT2D eigenvalue weighted by molar-refractivity contribution is 6.12. The Hall–Kier alpha value is -2.29. The first-order valence-corrected chi connectivity index (χ1v) is 6.32. The van der Waals surface area contributed by atoms with Crippen LogP contribution in [-0.2, 0) is 0 Å². The number of carbonyl (C=O) groups is 1. The van der Waals surface area contributed by atoms with Crippen LogP contribution in [0, 0.1) is 6.92 Å². The Balaban J connectivity index is 0.000000637. The van der Waals surface area contributed by atoms with Gasteiger partial charge in [-0.25, -0.2) is 4.79 Å². The van der Waals surface area contributed by atoms with Gasteiger partial charge < -0.3 is 9.52 Å². The number of aromatic carboxylic acids is 1. The summed E-state index contributed by atoms with van der Waals surface area (Å²) in [6, 6.07) is 11.3. The van der Waals surface area contributed by atoms with Crippen LogP contribution in [-0.4, -0.2) is 11.1 Å². The van der Waals surface area contributed by atoms with Crippen molar-refractivity contribution in [1.82, 2.24) is 0 Å². The highest BCUT2D eigenvalue weighted by atomic mass is 16.4. The highest BCUT2D eigenvalue weighted by Crippen LogP contribution is 2.32. The number of fused-ring (bicyclic) bond motifs is 3. The summed E-state index contributed by atoms with van der Waals surface area (Å²) in [5.74, 6) is -0.952. The molecule has 0 aliphatic heterocycles. The molecule has 0 spiro atoms. The summed E-state index contributed by atoms with van der Waals surface area (Å²) in [5.41, 5.74) is 2.14. The summed E-state index contributed by atoms with van der Waals surface area (Å²) in [6.07, 6.45) is 0. The van der Waals surface area contributed by atoms with E-state index in [0.29, 0.717) is 11.1 Å². The summed E-state index contributed by atoms with van der Waals surface area (Å²) in [6.45, 7) is 5.77. The van der Waals surface area contributed by atoms with E-state index in [0.717, 1.165) is 16.4 Å². The van der Waals surface area contributed by atoms with E-state index in [-0.39, 0.29) is 5.56 Å². The van der Waals surface area contributed by atoms with E-state index < -0.39 is 5.97 Å². The normalized spacial score (nSPS) is 10.3. The number of hydrogen-bond donors (Lipinski definition) is 1. The Labute approximate surface area is 111 Å². The van der Waals surface area contributed by atoms with Crippen molar-refractivity contribution in [2.24, 2.45) is 0 Å². The second kappa shape index (κ2) is 5.14. The smallest absolute Gasteiger partial charge is 0.339 e. The van der Waals surface area contributed by atoms with Crippen LogP contribution < -0.4 is 0 Å². The monoisotopic (exact) mass is 256 g/mol. The number of hydrogen-bond acceptors (Lipinski definition) is 2. The van der Waals surface area contributed by atoms with Gasteiger partial charge in [-0.2, -0.15) is 0 Å². The van der Waals surface area contributed by atoms with Crippen LogP contribution in [0.4, 0.5) is 0 Å². The molecule has 0 radical (unpaired) electrons. The topological polar surface area (TPSA) is 50.4 Å². The number of carboxylic acids is 1. The summed E-state index contributed by atoms with van der Waals surface area (Å²) >= 11 is 0. The standard InChI is InChI=1S/C14H10O3.C2H6/c1-8-6-7-10-9-4-2-3-5-11(9)17-13(10)12(8)14(15)16;1-2/h2-7H,1H3,(H,15,16);1-2H3. The van der Waals surface area contributed by atoms with E-state index in [2.05, 4.69) is 0 Å². The summed E-state index contributed by atoms with van der Waals surface area (Å²) < 4.78 is 5.64. The third kappa shape index (κ3) is 2.08. The van der Waals surface area contributed by atoms with Crippen molar-refractivity contribution in [3.05, 3.63) is 47.5 Å². The zero-order chi connectivity index (χ0) is 14.0. The fourth-order valence-electron chi connectivity index (χ4n) is 2.15. The molecule has 0 aliphatic rings. The zero-order valence-corrected chi connectivity index (χ0v) is 11.2. The van der Waals surface area contributed by atoms with Gasteiger partial charge in [0.2, 0.25) is 0 Å². The SMILES string of the molecule is CC.Cc1ccc2c(oc3ccccc32)c1C(=O)O. The zero-order valence-electron chi connectivity index (χ0n) is 11.2. The molecule has 3 heteroatoms. The minimum atomic E-state index is -0.952. The number of rotatable bonds is 1. The van der Waals surface area contributed by atoms with E-state index in [1.54, 1.807) is 6.92 Å². The molecule has 3 rings (SSSR count). The molecule has 0 fully saturated rings. The minimum Gasteiger partial charge on any atom is -0.478 e. The first-order valence-electron chi connectivity index (χ1n) is 6.32. The third-order valence-electron chi connectivity index (χ3n) is 2.97. The lowest BCUT2D eigenvalue weighted by Gasteiger charge is -2.00. The Morgan fingerprint density at radius 1 is 1.05 bits per heavy atom. The van der Waals surface area contributed by atoms with Gasteiger partial charge in [-0.15, -0.1) is 0 Å². The van der Waals surface area contributed by atoms with Gasteiger partial charge in [-0.1, -0.05) is 44.2 Å². The molecule has 0 unspecified atom stereocenters. The van der Waals surface area contributed by atoms with E-state index in [1.807, 2.05) is 50.2 Å². The molecule has 0 saturated carbocycles. The molecule has 1 aromatic heterocycles. The van der Waals surface area contributed by atoms with Gasteiger partial charge in [0.15, 0.2) is 0 Å². The predicted octanol–water partition coefficient (Wildman–Crippen LogP) is 4.62. The van der Waals surface area contributed by atoms with Gasteiger partial charge in [0.05, 0.1) is 0 Å². The maximum absolute atomic E-state index is 11.3. The van der Waals surface area contributed by atoms with Crippen LogP contribution in [0.25, 0.3) is 21.9 Å². The Morgan fingerprint density at radius 3 is 2.42 bits per heavy atom. The van der Waals surface area contributed by atoms with Crippen molar-refractivity contribution in [2.45, 2.75) is 20.8 Å². The molecule has 0 amide bonds. The summed E-state index contributed by atoms with van der Waals surface area (Å²) in [5, 5.41) is 11.0. The number of furan rings is 1. The molecule has 1 heterocycles. The molecule has 0 saturated heterocycles. The van der Waals surface area contributed by atoms with Crippen LogP contribution in [0.3, 0.4) is 0 Å². The molecular weight excluding hydrogens is 240 g/mol. The number of aryl methyl sites for hydroxylation is 1. The quantitative estimate of drug-likeness (QED) is 0.691. The van der Waals surface area contributed by atoms with Crippen LogP contribution >= 0.6 is 0 Å². The lowest BCUT2D eigenvalue weighted by Crippen LogP contribution is -1.99. The molecule has 0 aliphatic carbocycles. The van der Waals surface area contributed by atoms with E-state index in [4.69, 9.17) is 4.42 Å². The van der Waals surface area contributed by atoms with E-state index >= 15 is 0 Å². The second-order valence-electron chi connectivity index (χ2n) is 4.04. The van der Waals surface area contributed by atoms with Crippen molar-refractivity contribution in [3.8, 4) is 0 Å². The van der Waals surface area contributed by atoms with Crippen LogP contribution in [0.15, 0.2) is 40.8 Å². The Bertz CT molecular complexity index is 738. The fourth-order valence-corrected chi connectivity index (χ4v) is 2.15. The molecule has 0 atom stereocenters. The Morgan fingerprint density at radius 2 is 1.74 bits per heavy atom. The number of benzene rings is 2. The average Bonchev–Trinajstić information content (AvgIpc) is 2.78. The van der Waals surface area contributed by atoms with Gasteiger partial charge >= 0.3 is 5.97 Å². The van der Waals surface area contributed by atoms with Crippen molar-refractivity contribution in [3.63, 3.8) is 0 Å². The van der Waals surface area contributed by atoms with Gasteiger partial charge in [0.25, 0.3) is 0 Å². The molecule has 1 N–H and O–H groups in total. The van der Waals surface area contributed by atoms with Gasteiger partial charge in [0, 0.05) is 10.8 Å². The number of para-hydroxylation sites is 1. The van der Waals surface area contributed by atoms with Crippen molar-refractivity contribution >= 4 is 27.9 Å². The second-order valence-corrected chi connectivity index (χ2v) is 4.04. The van der Waals surface area contributed by atoms with E-state index in [9.17, 15) is 9.90 Å². The molecular formula is C16H16O3. The first-order chi connectivity index (χ1) is 9.18. The number of carboxylic acid groups (broad SMARTS) is 1.